The fraction of sp³-hybridized carbons (Fsp3) is 0.357. The van der Waals surface area contributed by atoms with E-state index in [9.17, 15) is 9.90 Å². The zero-order valence-electron chi connectivity index (χ0n) is 11.4. The molecule has 110 valence electrons. The van der Waals surface area contributed by atoms with Crippen LogP contribution in [-0.2, 0) is 4.79 Å². The maximum absolute atomic E-state index is 11.2. The lowest BCUT2D eigenvalue weighted by Gasteiger charge is -2.35. The van der Waals surface area contributed by atoms with E-state index in [0.717, 1.165) is 10.7 Å². The summed E-state index contributed by atoms with van der Waals surface area (Å²) in [6, 6.07) is 9.78. The second-order valence-electron chi connectivity index (χ2n) is 5.15. The Morgan fingerprint density at radius 3 is 2.57 bits per heavy atom. The molecule has 0 bridgehead atoms. The van der Waals surface area contributed by atoms with Crippen LogP contribution in [0.15, 0.2) is 30.3 Å². The number of anilines is 1. The predicted molar refractivity (Wildman–Crippen MR) is 80.9 cm³/mol. The molecule has 7 heteroatoms. The van der Waals surface area contributed by atoms with Gasteiger partial charge in [-0.05, 0) is 0 Å². The van der Waals surface area contributed by atoms with E-state index in [1.165, 1.54) is 11.5 Å². The van der Waals surface area contributed by atoms with Gasteiger partial charge in [0.05, 0.1) is 0 Å². The number of amides is 1. The molecule has 0 radical (unpaired) electrons. The fourth-order valence-corrected chi connectivity index (χ4v) is 3.10. The van der Waals surface area contributed by atoms with Crippen molar-refractivity contribution in [3.8, 4) is 11.4 Å². The number of nitrogens with two attached hydrogens (primary N) is 1. The first-order valence-corrected chi connectivity index (χ1v) is 7.52. The van der Waals surface area contributed by atoms with Crippen LogP contribution in [0.1, 0.15) is 12.8 Å². The lowest BCUT2D eigenvalue weighted by Crippen LogP contribution is -2.52. The van der Waals surface area contributed by atoms with E-state index >= 15 is 0 Å². The Morgan fingerprint density at radius 2 is 1.95 bits per heavy atom. The molecule has 3 rings (SSSR count). The average Bonchev–Trinajstić information content (AvgIpc) is 2.98. The van der Waals surface area contributed by atoms with Gasteiger partial charge in [-0.2, -0.15) is 9.36 Å². The Morgan fingerprint density at radius 1 is 1.29 bits per heavy atom. The molecule has 3 N–H and O–H groups in total. The summed E-state index contributed by atoms with van der Waals surface area (Å²) in [5.41, 5.74) is 4.82. The van der Waals surface area contributed by atoms with Crippen molar-refractivity contribution in [1.82, 2.24) is 9.36 Å². The molecule has 1 aromatic heterocycles. The maximum Gasteiger partial charge on any atom is 0.249 e. The monoisotopic (exact) mass is 304 g/mol. The summed E-state index contributed by atoms with van der Waals surface area (Å²) in [6.07, 6.45) is 0.644. The van der Waals surface area contributed by atoms with E-state index in [-0.39, 0.29) is 0 Å². The Hall–Kier alpha value is -1.99. The van der Waals surface area contributed by atoms with Crippen LogP contribution in [0.4, 0.5) is 5.13 Å². The molecule has 0 atom stereocenters. The number of nitrogens with zero attached hydrogens (tertiary/aromatic N) is 3. The second kappa shape index (κ2) is 5.42. The minimum Gasteiger partial charge on any atom is -0.380 e. The Kier molecular flexibility index (Phi) is 3.60. The predicted octanol–water partition coefficient (Wildman–Crippen LogP) is 1.02. The minimum absolute atomic E-state index is 0.322. The van der Waals surface area contributed by atoms with Crippen LogP contribution >= 0.6 is 11.5 Å². The molecule has 0 saturated carbocycles. The van der Waals surface area contributed by atoms with Crippen molar-refractivity contribution < 1.29 is 9.90 Å². The topological polar surface area (TPSA) is 92.3 Å². The number of carbonyl (C=O) groups is 1. The minimum atomic E-state index is -1.39. The highest BCUT2D eigenvalue weighted by Gasteiger charge is 2.38. The number of hydrogen-bond acceptors (Lipinski definition) is 6. The van der Waals surface area contributed by atoms with Crippen LogP contribution in [-0.4, -0.2) is 39.1 Å². The molecule has 6 nitrogen and oxygen atoms in total. The molecule has 1 aliphatic rings. The van der Waals surface area contributed by atoms with Crippen LogP contribution in [0, 0.1) is 0 Å². The molecule has 2 aromatic rings. The van der Waals surface area contributed by atoms with E-state index in [1.54, 1.807) is 0 Å². The van der Waals surface area contributed by atoms with Gasteiger partial charge in [-0.15, -0.1) is 0 Å². The number of aromatic nitrogens is 2. The molecule has 0 spiro atoms. The van der Waals surface area contributed by atoms with E-state index in [4.69, 9.17) is 5.73 Å². The highest BCUT2D eigenvalue weighted by atomic mass is 32.1. The Labute approximate surface area is 126 Å². The van der Waals surface area contributed by atoms with Gasteiger partial charge in [-0.25, -0.2) is 0 Å². The van der Waals surface area contributed by atoms with Crippen LogP contribution in [0.3, 0.4) is 0 Å². The van der Waals surface area contributed by atoms with Crippen LogP contribution in [0.5, 0.6) is 0 Å². The molecule has 1 saturated heterocycles. The number of rotatable bonds is 3. The van der Waals surface area contributed by atoms with Crippen molar-refractivity contribution in [1.29, 1.82) is 0 Å². The summed E-state index contributed by atoms with van der Waals surface area (Å²) in [5, 5.41) is 10.9. The number of piperidine rings is 1. The van der Waals surface area contributed by atoms with Gasteiger partial charge in [0.2, 0.25) is 11.0 Å². The zero-order chi connectivity index (χ0) is 14.9. The van der Waals surface area contributed by atoms with Crippen LogP contribution in [0.2, 0.25) is 0 Å². The quantitative estimate of drug-likeness (QED) is 0.883. The van der Waals surface area contributed by atoms with Crippen molar-refractivity contribution in [3.05, 3.63) is 30.3 Å². The average molecular weight is 304 g/mol. The molecule has 0 unspecified atom stereocenters. The lowest BCUT2D eigenvalue weighted by atomic mass is 9.91. The summed E-state index contributed by atoms with van der Waals surface area (Å²) < 4.78 is 4.37. The van der Waals surface area contributed by atoms with Crippen molar-refractivity contribution in [3.63, 3.8) is 0 Å². The molecule has 1 amide bonds. The summed E-state index contributed by atoms with van der Waals surface area (Å²) >= 11 is 1.33. The number of primary amides is 1. The largest absolute Gasteiger partial charge is 0.380 e. The third kappa shape index (κ3) is 2.74. The van der Waals surface area contributed by atoms with Crippen LogP contribution in [0.25, 0.3) is 11.4 Å². The molecule has 1 fully saturated rings. The van der Waals surface area contributed by atoms with Crippen molar-refractivity contribution in [2.45, 2.75) is 18.4 Å². The second-order valence-corrected chi connectivity index (χ2v) is 5.88. The smallest absolute Gasteiger partial charge is 0.249 e. The summed E-state index contributed by atoms with van der Waals surface area (Å²) in [4.78, 5) is 17.8. The first-order chi connectivity index (χ1) is 10.1. The normalized spacial score (nSPS) is 17.7. The molecular weight excluding hydrogens is 288 g/mol. The van der Waals surface area contributed by atoms with Gasteiger partial charge < -0.3 is 15.7 Å². The third-order valence-electron chi connectivity index (χ3n) is 3.77. The molecule has 2 heterocycles. The molecule has 1 aromatic carbocycles. The van der Waals surface area contributed by atoms with E-state index in [1.807, 2.05) is 35.2 Å². The first kappa shape index (κ1) is 14.0. The van der Waals surface area contributed by atoms with Gasteiger partial charge in [0.15, 0.2) is 5.82 Å². The van der Waals surface area contributed by atoms with Crippen molar-refractivity contribution in [2.75, 3.05) is 18.0 Å². The van der Waals surface area contributed by atoms with Gasteiger partial charge in [-0.1, -0.05) is 30.3 Å². The first-order valence-electron chi connectivity index (χ1n) is 6.75. The third-order valence-corrected chi connectivity index (χ3v) is 4.54. The van der Waals surface area contributed by atoms with E-state index in [0.29, 0.717) is 31.8 Å². The highest BCUT2D eigenvalue weighted by Crippen LogP contribution is 2.29. The highest BCUT2D eigenvalue weighted by molar-refractivity contribution is 7.09. The zero-order valence-corrected chi connectivity index (χ0v) is 12.2. The van der Waals surface area contributed by atoms with E-state index in [2.05, 4.69) is 9.36 Å². The summed E-state index contributed by atoms with van der Waals surface area (Å²) in [6.45, 7) is 1.09. The molecular formula is C14H16N4O2S. The number of hydrogen-bond donors (Lipinski definition) is 2. The number of aliphatic hydroxyl groups is 1. The van der Waals surface area contributed by atoms with Gasteiger partial charge >= 0.3 is 0 Å². The van der Waals surface area contributed by atoms with Crippen LogP contribution < -0.4 is 10.6 Å². The molecule has 21 heavy (non-hydrogen) atoms. The maximum atomic E-state index is 11.2. The SMILES string of the molecule is NC(=O)C1(O)CCN(c2nc(-c3ccccc3)ns2)CC1. The lowest BCUT2D eigenvalue weighted by molar-refractivity contribution is -0.138. The summed E-state index contributed by atoms with van der Waals surface area (Å²) in [5.74, 6) is 0.0516. The van der Waals surface area contributed by atoms with Gasteiger partial charge in [0.1, 0.15) is 5.60 Å². The Bertz CT molecular complexity index is 635. The van der Waals surface area contributed by atoms with Gasteiger partial charge in [-0.3, -0.25) is 4.79 Å². The Balaban J connectivity index is 1.73. The standard InChI is InChI=1S/C14H16N4O2S/c15-12(19)14(20)6-8-18(9-7-14)13-16-11(17-21-13)10-4-2-1-3-5-10/h1-5,20H,6-9H2,(H2,15,19). The number of carbonyl (C=O) groups excluding carboxylic acids is 1. The van der Waals surface area contributed by atoms with Gasteiger partial charge in [0, 0.05) is 43.0 Å². The molecule has 0 aliphatic carbocycles. The van der Waals surface area contributed by atoms with Crippen molar-refractivity contribution >= 4 is 22.6 Å². The van der Waals surface area contributed by atoms with Crippen molar-refractivity contribution in [2.24, 2.45) is 5.73 Å². The fourth-order valence-electron chi connectivity index (χ4n) is 2.36. The summed E-state index contributed by atoms with van der Waals surface area (Å²) in [7, 11) is 0. The molecule has 1 aliphatic heterocycles. The van der Waals surface area contributed by atoms with Gasteiger partial charge in [0.25, 0.3) is 0 Å². The van der Waals surface area contributed by atoms with E-state index < -0.39 is 11.5 Å². The number of benzene rings is 1.